The van der Waals surface area contributed by atoms with Crippen LogP contribution in [-0.4, -0.2) is 16.0 Å². The van der Waals surface area contributed by atoms with Gasteiger partial charge in [0.05, 0.1) is 0 Å². The van der Waals surface area contributed by atoms with Crippen LogP contribution in [0.1, 0.15) is 33.6 Å². The summed E-state index contributed by atoms with van der Waals surface area (Å²) in [6, 6.07) is 0.431. The Kier molecular flexibility index (Phi) is 5.28. The summed E-state index contributed by atoms with van der Waals surface area (Å²) in [6.45, 7) is 6.67. The molecule has 1 heterocycles. The van der Waals surface area contributed by atoms with E-state index in [4.69, 9.17) is 0 Å². The highest BCUT2D eigenvalue weighted by atomic mass is 127. The lowest BCUT2D eigenvalue weighted by molar-refractivity contribution is 0.482. The zero-order chi connectivity index (χ0) is 11.3. The molecule has 0 saturated heterocycles. The highest BCUT2D eigenvalue weighted by Gasteiger charge is 2.07. The van der Waals surface area contributed by atoms with E-state index in [-0.39, 0.29) is 0 Å². The molecular formula is C11H18IN3. The van der Waals surface area contributed by atoms with E-state index in [2.05, 4.69) is 58.6 Å². The number of rotatable bonds is 5. The lowest BCUT2D eigenvalue weighted by Gasteiger charge is -2.17. The van der Waals surface area contributed by atoms with Crippen molar-refractivity contribution in [3.8, 4) is 0 Å². The second-order valence-electron chi connectivity index (χ2n) is 4.02. The van der Waals surface area contributed by atoms with Crippen molar-refractivity contribution in [3.63, 3.8) is 0 Å². The predicted molar refractivity (Wildman–Crippen MR) is 71.9 cm³/mol. The van der Waals surface area contributed by atoms with Crippen LogP contribution in [0.2, 0.25) is 0 Å². The fourth-order valence-corrected chi connectivity index (χ4v) is 1.71. The Morgan fingerprint density at radius 2 is 1.93 bits per heavy atom. The van der Waals surface area contributed by atoms with Crippen molar-refractivity contribution < 1.29 is 0 Å². The van der Waals surface area contributed by atoms with Gasteiger partial charge in [-0.25, -0.2) is 9.97 Å². The topological polar surface area (TPSA) is 37.8 Å². The van der Waals surface area contributed by atoms with Crippen LogP contribution in [0.5, 0.6) is 0 Å². The highest BCUT2D eigenvalue weighted by Crippen LogP contribution is 2.12. The van der Waals surface area contributed by atoms with Gasteiger partial charge in [0.25, 0.3) is 0 Å². The van der Waals surface area contributed by atoms with Gasteiger partial charge < -0.3 is 5.32 Å². The lowest BCUT2D eigenvalue weighted by atomic mass is 10.0. The molecular weight excluding hydrogens is 301 g/mol. The van der Waals surface area contributed by atoms with E-state index in [0.717, 1.165) is 21.9 Å². The molecule has 0 aliphatic rings. The van der Waals surface area contributed by atoms with E-state index in [1.807, 2.05) is 12.4 Å². The summed E-state index contributed by atoms with van der Waals surface area (Å²) in [4.78, 5) is 8.44. The van der Waals surface area contributed by atoms with Crippen LogP contribution in [0.3, 0.4) is 0 Å². The molecule has 1 rings (SSSR count). The van der Waals surface area contributed by atoms with Gasteiger partial charge in [0.15, 0.2) is 0 Å². The Labute approximate surface area is 105 Å². The number of nitrogens with zero attached hydrogens (tertiary/aromatic N) is 2. The fourth-order valence-electron chi connectivity index (χ4n) is 1.44. The van der Waals surface area contributed by atoms with Crippen LogP contribution in [0.25, 0.3) is 0 Å². The van der Waals surface area contributed by atoms with E-state index in [9.17, 15) is 0 Å². The minimum Gasteiger partial charge on any atom is -0.352 e. The molecule has 1 N–H and O–H groups in total. The van der Waals surface area contributed by atoms with Crippen molar-refractivity contribution in [3.05, 3.63) is 16.0 Å². The molecule has 15 heavy (non-hydrogen) atoms. The van der Waals surface area contributed by atoms with E-state index in [1.54, 1.807) is 0 Å². The third-order valence-corrected chi connectivity index (χ3v) is 3.01. The molecule has 0 amide bonds. The molecule has 0 aliphatic carbocycles. The first-order chi connectivity index (χ1) is 7.11. The molecule has 0 aliphatic heterocycles. The van der Waals surface area contributed by atoms with Gasteiger partial charge in [0, 0.05) is 22.0 Å². The number of hydrogen-bond acceptors (Lipinski definition) is 3. The van der Waals surface area contributed by atoms with Crippen molar-refractivity contribution in [2.24, 2.45) is 5.92 Å². The van der Waals surface area contributed by atoms with Gasteiger partial charge in [0.1, 0.15) is 0 Å². The van der Waals surface area contributed by atoms with Crippen molar-refractivity contribution in [1.29, 1.82) is 0 Å². The van der Waals surface area contributed by atoms with E-state index >= 15 is 0 Å². The second kappa shape index (κ2) is 6.25. The smallest absolute Gasteiger partial charge is 0.222 e. The van der Waals surface area contributed by atoms with Gasteiger partial charge in [-0.2, -0.15) is 0 Å². The molecule has 0 saturated carbocycles. The van der Waals surface area contributed by atoms with Crippen LogP contribution in [-0.2, 0) is 0 Å². The van der Waals surface area contributed by atoms with Gasteiger partial charge in [-0.3, -0.25) is 0 Å². The molecule has 3 nitrogen and oxygen atoms in total. The molecule has 4 heteroatoms. The average Bonchev–Trinajstić information content (AvgIpc) is 2.21. The first-order valence-corrected chi connectivity index (χ1v) is 6.43. The minimum absolute atomic E-state index is 0.431. The third kappa shape index (κ3) is 4.77. The van der Waals surface area contributed by atoms with Gasteiger partial charge in [0.2, 0.25) is 5.95 Å². The number of hydrogen-bond donors (Lipinski definition) is 1. The largest absolute Gasteiger partial charge is 0.352 e. The summed E-state index contributed by atoms with van der Waals surface area (Å²) >= 11 is 2.20. The van der Waals surface area contributed by atoms with Crippen LogP contribution in [0.15, 0.2) is 12.4 Å². The van der Waals surface area contributed by atoms with Crippen LogP contribution < -0.4 is 5.32 Å². The normalized spacial score (nSPS) is 14.7. The van der Waals surface area contributed by atoms with Crippen LogP contribution in [0.4, 0.5) is 5.95 Å². The van der Waals surface area contributed by atoms with Gasteiger partial charge >= 0.3 is 0 Å². The van der Waals surface area contributed by atoms with Crippen molar-refractivity contribution >= 4 is 28.5 Å². The SMILES string of the molecule is CCC(C)CC(C)Nc1ncc(I)cn1. The fraction of sp³-hybridized carbons (Fsp3) is 0.636. The summed E-state index contributed by atoms with van der Waals surface area (Å²) in [6.07, 6.45) is 6.03. The quantitative estimate of drug-likeness (QED) is 0.846. The van der Waals surface area contributed by atoms with E-state index < -0.39 is 0 Å². The zero-order valence-electron chi connectivity index (χ0n) is 9.50. The van der Waals surface area contributed by atoms with Crippen molar-refractivity contribution in [2.45, 2.75) is 39.7 Å². The maximum Gasteiger partial charge on any atom is 0.222 e. The molecule has 84 valence electrons. The number of nitrogens with one attached hydrogen (secondary N) is 1. The first-order valence-electron chi connectivity index (χ1n) is 5.36. The van der Waals surface area contributed by atoms with Crippen LogP contribution >= 0.6 is 22.6 Å². The Hall–Kier alpha value is -0.390. The van der Waals surface area contributed by atoms with Gasteiger partial charge in [-0.15, -0.1) is 0 Å². The molecule has 0 spiro atoms. The van der Waals surface area contributed by atoms with Crippen molar-refractivity contribution in [2.75, 3.05) is 5.32 Å². The third-order valence-electron chi connectivity index (χ3n) is 2.45. The molecule has 2 atom stereocenters. The number of anilines is 1. The average molecular weight is 319 g/mol. The molecule has 2 unspecified atom stereocenters. The lowest BCUT2D eigenvalue weighted by Crippen LogP contribution is -2.19. The Balaban J connectivity index is 2.44. The monoisotopic (exact) mass is 319 g/mol. The highest BCUT2D eigenvalue weighted by molar-refractivity contribution is 14.1. The van der Waals surface area contributed by atoms with Gasteiger partial charge in [-0.05, 0) is 41.9 Å². The maximum absolute atomic E-state index is 4.22. The summed E-state index contributed by atoms with van der Waals surface area (Å²) in [5.74, 6) is 1.47. The molecule has 0 bridgehead atoms. The maximum atomic E-state index is 4.22. The second-order valence-corrected chi connectivity index (χ2v) is 5.27. The molecule has 1 aromatic rings. The van der Waals surface area contributed by atoms with Gasteiger partial charge in [-0.1, -0.05) is 20.3 Å². The summed E-state index contributed by atoms with van der Waals surface area (Å²) in [5.41, 5.74) is 0. The predicted octanol–water partition coefficient (Wildman–Crippen LogP) is 3.32. The first kappa shape index (κ1) is 12.7. The Bertz CT molecular complexity index is 286. The Morgan fingerprint density at radius 3 is 2.47 bits per heavy atom. The van der Waals surface area contributed by atoms with Crippen LogP contribution in [0, 0.1) is 9.49 Å². The number of halogens is 1. The minimum atomic E-state index is 0.431. The summed E-state index contributed by atoms with van der Waals surface area (Å²) in [5, 5.41) is 3.31. The standard InChI is InChI=1S/C11H18IN3/c1-4-8(2)5-9(3)15-11-13-6-10(12)7-14-11/h6-9H,4-5H2,1-3H3,(H,13,14,15). The molecule has 0 fully saturated rings. The van der Waals surface area contributed by atoms with E-state index in [1.165, 1.54) is 6.42 Å². The zero-order valence-corrected chi connectivity index (χ0v) is 11.7. The number of aromatic nitrogens is 2. The summed E-state index contributed by atoms with van der Waals surface area (Å²) in [7, 11) is 0. The molecule has 1 aromatic heterocycles. The van der Waals surface area contributed by atoms with E-state index in [0.29, 0.717) is 6.04 Å². The molecule has 0 radical (unpaired) electrons. The van der Waals surface area contributed by atoms with Crippen molar-refractivity contribution in [1.82, 2.24) is 9.97 Å². The Morgan fingerprint density at radius 1 is 1.33 bits per heavy atom. The molecule has 0 aromatic carbocycles. The summed E-state index contributed by atoms with van der Waals surface area (Å²) < 4.78 is 1.06.